The van der Waals surface area contributed by atoms with Gasteiger partial charge in [0.2, 0.25) is 11.8 Å². The largest absolute Gasteiger partial charge is 0.355 e. The first-order valence-corrected chi connectivity index (χ1v) is 8.29. The molecule has 2 rings (SSSR count). The first kappa shape index (κ1) is 23.7. The van der Waals surface area contributed by atoms with Crippen molar-refractivity contribution in [1.29, 1.82) is 0 Å². The lowest BCUT2D eigenvalue weighted by atomic mass is 9.96. The number of amides is 2. The van der Waals surface area contributed by atoms with E-state index in [0.29, 0.717) is 12.5 Å². The predicted octanol–water partition coefficient (Wildman–Crippen LogP) is 1.25. The number of hydrogen-bond donors (Lipinski definition) is 2. The zero-order valence-corrected chi connectivity index (χ0v) is 16.4. The van der Waals surface area contributed by atoms with Crippen molar-refractivity contribution in [3.05, 3.63) is 18.5 Å². The van der Waals surface area contributed by atoms with Crippen molar-refractivity contribution in [2.75, 3.05) is 33.2 Å². The van der Waals surface area contributed by atoms with Gasteiger partial charge in [-0.25, -0.2) is 0 Å². The Morgan fingerprint density at radius 3 is 2.80 bits per heavy atom. The third kappa shape index (κ3) is 7.63. The first-order chi connectivity index (χ1) is 11.1. The lowest BCUT2D eigenvalue weighted by molar-refractivity contribution is -0.137. The summed E-state index contributed by atoms with van der Waals surface area (Å²) in [4.78, 5) is 25.7. The zero-order valence-electron chi connectivity index (χ0n) is 14.8. The van der Waals surface area contributed by atoms with Crippen molar-refractivity contribution in [2.24, 2.45) is 5.92 Å². The quantitative estimate of drug-likeness (QED) is 0.730. The van der Waals surface area contributed by atoms with Crippen molar-refractivity contribution in [2.45, 2.75) is 32.2 Å². The van der Waals surface area contributed by atoms with E-state index in [1.54, 1.807) is 37.1 Å². The maximum Gasteiger partial charge on any atom is 0.247 e. The van der Waals surface area contributed by atoms with Crippen LogP contribution in [-0.2, 0) is 9.59 Å². The number of carbonyl (C=O) groups excluding carboxylic acids is 2. The molecular formula is C16H29Cl2N5O2. The molecule has 1 aromatic rings. The Bertz CT molecular complexity index is 507. The highest BCUT2D eigenvalue weighted by atomic mass is 35.5. The molecule has 0 saturated carbocycles. The van der Waals surface area contributed by atoms with Crippen LogP contribution in [0.3, 0.4) is 0 Å². The van der Waals surface area contributed by atoms with Crippen molar-refractivity contribution in [3.63, 3.8) is 0 Å². The predicted molar refractivity (Wildman–Crippen MR) is 102 cm³/mol. The van der Waals surface area contributed by atoms with E-state index in [9.17, 15) is 9.59 Å². The van der Waals surface area contributed by atoms with Crippen molar-refractivity contribution in [1.82, 2.24) is 25.3 Å². The van der Waals surface area contributed by atoms with Gasteiger partial charge in [0.15, 0.2) is 0 Å². The lowest BCUT2D eigenvalue weighted by Crippen LogP contribution is -2.41. The van der Waals surface area contributed by atoms with Gasteiger partial charge in [-0.1, -0.05) is 0 Å². The van der Waals surface area contributed by atoms with E-state index < -0.39 is 6.04 Å². The molecule has 1 aliphatic heterocycles. The molecule has 1 saturated heterocycles. The highest BCUT2D eigenvalue weighted by Crippen LogP contribution is 2.12. The number of carbonyl (C=O) groups is 2. The lowest BCUT2D eigenvalue weighted by Gasteiger charge is -2.23. The fourth-order valence-electron chi connectivity index (χ4n) is 2.88. The Balaban J connectivity index is 0.00000288. The summed E-state index contributed by atoms with van der Waals surface area (Å²) in [6.45, 7) is 4.66. The second kappa shape index (κ2) is 12.1. The van der Waals surface area contributed by atoms with E-state index in [1.807, 2.05) is 0 Å². The molecule has 0 radical (unpaired) electrons. The molecule has 2 amide bonds. The molecule has 2 unspecified atom stereocenters. The van der Waals surface area contributed by atoms with Crippen LogP contribution >= 0.6 is 24.8 Å². The third-order valence-corrected chi connectivity index (χ3v) is 4.31. The van der Waals surface area contributed by atoms with Crippen LogP contribution in [0.2, 0.25) is 0 Å². The molecule has 0 aliphatic carbocycles. The molecule has 9 heteroatoms. The molecule has 144 valence electrons. The fourth-order valence-corrected chi connectivity index (χ4v) is 2.88. The molecule has 1 aliphatic rings. The Morgan fingerprint density at radius 1 is 1.44 bits per heavy atom. The first-order valence-electron chi connectivity index (χ1n) is 8.29. The monoisotopic (exact) mass is 393 g/mol. The van der Waals surface area contributed by atoms with Crippen molar-refractivity contribution >= 4 is 36.6 Å². The van der Waals surface area contributed by atoms with Crippen molar-refractivity contribution < 1.29 is 9.59 Å². The Kier molecular flexibility index (Phi) is 11.5. The van der Waals surface area contributed by atoms with Gasteiger partial charge in [0.25, 0.3) is 0 Å². The van der Waals surface area contributed by atoms with Gasteiger partial charge in [0, 0.05) is 26.0 Å². The van der Waals surface area contributed by atoms with Gasteiger partial charge in [0.05, 0.1) is 6.54 Å². The van der Waals surface area contributed by atoms with E-state index in [-0.39, 0.29) is 43.2 Å². The number of rotatable bonds is 7. The Morgan fingerprint density at radius 2 is 2.20 bits per heavy atom. The summed E-state index contributed by atoms with van der Waals surface area (Å²) in [6, 6.07) is 1.37. The van der Waals surface area contributed by atoms with Crippen LogP contribution in [0, 0.1) is 5.92 Å². The van der Waals surface area contributed by atoms with Gasteiger partial charge in [-0.2, -0.15) is 5.10 Å². The SMILES string of the molecule is CC(C(=O)N(C)CC(=O)NCCC1CCCNC1)n1cccn1.Cl.Cl. The number of aromatic nitrogens is 2. The van der Waals surface area contributed by atoms with Gasteiger partial charge in [-0.15, -0.1) is 24.8 Å². The third-order valence-electron chi connectivity index (χ3n) is 4.31. The minimum Gasteiger partial charge on any atom is -0.355 e. The summed E-state index contributed by atoms with van der Waals surface area (Å²) in [5.41, 5.74) is 0. The summed E-state index contributed by atoms with van der Waals surface area (Å²) >= 11 is 0. The molecule has 2 N–H and O–H groups in total. The topological polar surface area (TPSA) is 79.3 Å². The number of piperidine rings is 1. The van der Waals surface area contributed by atoms with E-state index in [0.717, 1.165) is 19.5 Å². The molecule has 1 fully saturated rings. The van der Waals surface area contributed by atoms with E-state index in [4.69, 9.17) is 0 Å². The summed E-state index contributed by atoms with van der Waals surface area (Å²) in [7, 11) is 1.65. The van der Waals surface area contributed by atoms with E-state index in [2.05, 4.69) is 15.7 Å². The van der Waals surface area contributed by atoms with Crippen LogP contribution in [0.25, 0.3) is 0 Å². The molecular weight excluding hydrogens is 365 g/mol. The Labute approximate surface area is 161 Å². The standard InChI is InChI=1S/C16H27N5O2.2ClH/c1-13(21-10-4-8-19-21)16(23)20(2)12-15(22)18-9-6-14-5-3-7-17-11-14;;/h4,8,10,13-14,17H,3,5-7,9,11-12H2,1-2H3,(H,18,22);2*1H. The van der Waals surface area contributed by atoms with Crippen LogP contribution in [0.15, 0.2) is 18.5 Å². The van der Waals surface area contributed by atoms with E-state index in [1.165, 1.54) is 17.7 Å². The maximum absolute atomic E-state index is 12.3. The molecule has 25 heavy (non-hydrogen) atoms. The Hall–Kier alpha value is -1.31. The van der Waals surface area contributed by atoms with Crippen LogP contribution in [0.5, 0.6) is 0 Å². The van der Waals surface area contributed by atoms with Crippen LogP contribution in [0.1, 0.15) is 32.2 Å². The van der Waals surface area contributed by atoms with Crippen molar-refractivity contribution in [3.8, 4) is 0 Å². The van der Waals surface area contributed by atoms with Gasteiger partial charge < -0.3 is 15.5 Å². The second-order valence-electron chi connectivity index (χ2n) is 6.21. The maximum atomic E-state index is 12.3. The van der Waals surface area contributed by atoms with Gasteiger partial charge >= 0.3 is 0 Å². The minimum absolute atomic E-state index is 0. The smallest absolute Gasteiger partial charge is 0.247 e. The van der Waals surface area contributed by atoms with Crippen LogP contribution in [0.4, 0.5) is 0 Å². The molecule has 0 spiro atoms. The zero-order chi connectivity index (χ0) is 16.7. The molecule has 2 atom stereocenters. The summed E-state index contributed by atoms with van der Waals surface area (Å²) in [6.07, 6.45) is 6.80. The highest BCUT2D eigenvalue weighted by Gasteiger charge is 2.21. The molecule has 2 heterocycles. The second-order valence-corrected chi connectivity index (χ2v) is 6.21. The minimum atomic E-state index is -0.406. The fraction of sp³-hybridized carbons (Fsp3) is 0.688. The number of nitrogens with one attached hydrogen (secondary N) is 2. The van der Waals surface area contributed by atoms with Gasteiger partial charge in [-0.05, 0) is 51.3 Å². The summed E-state index contributed by atoms with van der Waals surface area (Å²) < 4.78 is 1.59. The average molecular weight is 394 g/mol. The molecule has 1 aromatic heterocycles. The molecule has 0 bridgehead atoms. The van der Waals surface area contributed by atoms with Gasteiger partial charge in [0.1, 0.15) is 6.04 Å². The molecule has 0 aromatic carbocycles. The molecule has 7 nitrogen and oxygen atoms in total. The number of halogens is 2. The number of likely N-dealkylation sites (N-methyl/N-ethyl adjacent to an activating group) is 1. The highest BCUT2D eigenvalue weighted by molar-refractivity contribution is 5.86. The number of hydrogen-bond acceptors (Lipinski definition) is 4. The normalized spacial score (nSPS) is 17.6. The van der Waals surface area contributed by atoms with Crippen LogP contribution < -0.4 is 10.6 Å². The average Bonchev–Trinajstić information content (AvgIpc) is 3.08. The van der Waals surface area contributed by atoms with Crippen LogP contribution in [-0.4, -0.2) is 59.7 Å². The van der Waals surface area contributed by atoms with Gasteiger partial charge in [-0.3, -0.25) is 14.3 Å². The summed E-state index contributed by atoms with van der Waals surface area (Å²) in [5.74, 6) is 0.404. The van der Waals surface area contributed by atoms with E-state index >= 15 is 0 Å². The number of nitrogens with zero attached hydrogens (tertiary/aromatic N) is 3. The summed E-state index contributed by atoms with van der Waals surface area (Å²) in [5, 5.41) is 10.3.